The number of nitrogens with zero attached hydrogens (tertiary/aromatic N) is 6. The van der Waals surface area contributed by atoms with Crippen LogP contribution >= 0.6 is 0 Å². The summed E-state index contributed by atoms with van der Waals surface area (Å²) in [7, 11) is 1.58. The molecule has 0 bridgehead atoms. The van der Waals surface area contributed by atoms with E-state index in [4.69, 9.17) is 9.72 Å². The Morgan fingerprint density at radius 1 is 1.30 bits per heavy atom. The van der Waals surface area contributed by atoms with Gasteiger partial charge in [-0.1, -0.05) is 6.07 Å². The lowest BCUT2D eigenvalue weighted by atomic mass is 9.76. The van der Waals surface area contributed by atoms with Gasteiger partial charge in [-0.05, 0) is 71.1 Å². The quantitative estimate of drug-likeness (QED) is 0.234. The Balaban J connectivity index is 1.40. The van der Waals surface area contributed by atoms with Crippen LogP contribution in [0, 0.1) is 13.8 Å². The highest BCUT2D eigenvalue weighted by Crippen LogP contribution is 2.40. The minimum absolute atomic E-state index is 0.162. The van der Waals surface area contributed by atoms with Crippen molar-refractivity contribution in [1.82, 2.24) is 30.5 Å². The summed E-state index contributed by atoms with van der Waals surface area (Å²) in [5.41, 5.74) is 2.61. The molecule has 0 saturated heterocycles. The minimum Gasteiger partial charge on any atom is -0.368 e. The van der Waals surface area contributed by atoms with Crippen molar-refractivity contribution >= 4 is 30.2 Å². The predicted octanol–water partition coefficient (Wildman–Crippen LogP) is 5.13. The van der Waals surface area contributed by atoms with E-state index in [1.165, 1.54) is 18.1 Å². The monoisotopic (exact) mass is 549 g/mol. The number of H-pyrrole nitrogens is 1. The zero-order chi connectivity index (χ0) is 28.9. The average molecular weight is 550 g/mol. The van der Waals surface area contributed by atoms with Crippen molar-refractivity contribution < 1.29 is 13.9 Å². The van der Waals surface area contributed by atoms with Gasteiger partial charge < -0.3 is 15.4 Å². The molecule has 3 heterocycles. The van der Waals surface area contributed by atoms with Crippen LogP contribution in [0.1, 0.15) is 74.1 Å². The van der Waals surface area contributed by atoms with Crippen LogP contribution in [-0.2, 0) is 9.53 Å². The number of methoxy groups -OCH3 is 1. The van der Waals surface area contributed by atoms with Crippen LogP contribution in [0.5, 0.6) is 0 Å². The molecule has 3 aromatic heterocycles. The molecule has 1 atom stereocenters. The van der Waals surface area contributed by atoms with Crippen LogP contribution in [0.4, 0.5) is 22.0 Å². The minimum atomic E-state index is -0.930. The summed E-state index contributed by atoms with van der Waals surface area (Å²) < 4.78 is 19.1. The van der Waals surface area contributed by atoms with E-state index in [1.807, 2.05) is 39.0 Å². The molecule has 1 aliphatic rings. The number of halogens is 1. The first-order valence-electron chi connectivity index (χ1n) is 13.2. The number of nitrogens with one attached hydrogen (secondary N) is 3. The van der Waals surface area contributed by atoms with Crippen molar-refractivity contribution in [3.8, 4) is 0 Å². The van der Waals surface area contributed by atoms with E-state index in [9.17, 15) is 9.18 Å². The van der Waals surface area contributed by atoms with Crippen molar-refractivity contribution in [2.75, 3.05) is 17.4 Å². The highest BCUT2D eigenvalue weighted by Gasteiger charge is 2.43. The molecule has 40 heavy (non-hydrogen) atoms. The summed E-state index contributed by atoms with van der Waals surface area (Å²) in [4.78, 5) is 27.0. The van der Waals surface area contributed by atoms with E-state index in [2.05, 4.69) is 42.6 Å². The topological polar surface area (TPSA) is 133 Å². The second-order valence-electron chi connectivity index (χ2n) is 10.1. The molecule has 4 rings (SSSR count). The molecule has 212 valence electrons. The van der Waals surface area contributed by atoms with Crippen LogP contribution in [0.25, 0.3) is 0 Å². The maximum Gasteiger partial charge on any atom is 0.252 e. The van der Waals surface area contributed by atoms with Crippen LogP contribution in [0.3, 0.4) is 0 Å². The molecule has 12 heteroatoms. The van der Waals surface area contributed by atoms with Gasteiger partial charge in [-0.15, -0.1) is 0 Å². The maximum absolute atomic E-state index is 13.5. The van der Waals surface area contributed by atoms with Crippen LogP contribution in [0.15, 0.2) is 47.6 Å². The average Bonchev–Trinajstić information content (AvgIpc) is 3.35. The largest absolute Gasteiger partial charge is 0.368 e. The smallest absolute Gasteiger partial charge is 0.252 e. The van der Waals surface area contributed by atoms with E-state index < -0.39 is 11.4 Å². The second-order valence-corrected chi connectivity index (χ2v) is 10.1. The number of aromatic amines is 1. The van der Waals surface area contributed by atoms with E-state index >= 15 is 0 Å². The number of hydrazone groups is 1. The van der Waals surface area contributed by atoms with Crippen LogP contribution in [-0.4, -0.2) is 50.5 Å². The Kier molecular flexibility index (Phi) is 8.88. The molecule has 0 aromatic carbocycles. The first-order valence-corrected chi connectivity index (χ1v) is 13.2. The Bertz CT molecular complexity index is 1360. The third kappa shape index (κ3) is 6.68. The van der Waals surface area contributed by atoms with E-state index in [0.29, 0.717) is 30.4 Å². The van der Waals surface area contributed by atoms with Gasteiger partial charge >= 0.3 is 0 Å². The molecule has 3 N–H and O–H groups in total. The number of carbonyl (C=O) groups is 1. The number of aromatic nitrogens is 5. The molecule has 0 aliphatic heterocycles. The van der Waals surface area contributed by atoms with Crippen molar-refractivity contribution in [3.05, 3.63) is 65.1 Å². The molecule has 3 aromatic rings. The summed E-state index contributed by atoms with van der Waals surface area (Å²) in [5, 5.41) is 18.4. The van der Waals surface area contributed by atoms with Gasteiger partial charge in [-0.3, -0.25) is 9.89 Å². The molecule has 1 fully saturated rings. The van der Waals surface area contributed by atoms with Gasteiger partial charge in [0.25, 0.3) is 5.91 Å². The van der Waals surface area contributed by atoms with Gasteiger partial charge in [0.05, 0.1) is 12.2 Å². The molecule has 1 saturated carbocycles. The Labute approximate surface area is 233 Å². The third-order valence-electron chi connectivity index (χ3n) is 7.14. The second kappa shape index (κ2) is 12.3. The van der Waals surface area contributed by atoms with Gasteiger partial charge in [-0.2, -0.15) is 10.2 Å². The number of allylic oxidation sites excluding steroid dienone is 1. The number of amides is 1. The SMILES string of the molecule is C=NN(/C=C(\C)F)c1ccc([C@H](C)NC(=O)[C@]2(OC)CC[C@@H](c3cc(C)nc(Nc4cc(C)[nH]n4)n3)CC2)cn1. The number of ether oxygens (including phenoxy) is 1. The number of rotatable bonds is 10. The first kappa shape index (κ1) is 28.8. The Morgan fingerprint density at radius 3 is 2.62 bits per heavy atom. The molecular weight excluding hydrogens is 513 g/mol. The van der Waals surface area contributed by atoms with Crippen molar-refractivity contribution in [3.63, 3.8) is 0 Å². The molecule has 0 radical (unpaired) electrons. The highest BCUT2D eigenvalue weighted by molar-refractivity contribution is 5.85. The third-order valence-corrected chi connectivity index (χ3v) is 7.14. The van der Waals surface area contributed by atoms with Crippen molar-refractivity contribution in [2.24, 2.45) is 5.10 Å². The standard InChI is InChI=1S/C28H36FN9O2/c1-17(29)16-38(30-5)25-8-7-22(15-31-25)20(4)33-26(39)28(40-6)11-9-21(10-12-28)23-13-18(2)32-27(34-23)35-24-14-19(3)36-37-24/h7-8,13-16,20-21H,5,9-12H2,1-4,6H3,(H,33,39)(H2,32,34,35,36,37)/b17-16+/t20-,21-,28+/m0/s1. The van der Waals surface area contributed by atoms with Gasteiger partial charge in [0.15, 0.2) is 11.6 Å². The predicted molar refractivity (Wildman–Crippen MR) is 152 cm³/mol. The summed E-state index contributed by atoms with van der Waals surface area (Å²) in [6, 6.07) is 7.09. The van der Waals surface area contributed by atoms with Crippen molar-refractivity contribution in [2.45, 2.75) is 70.9 Å². The lowest BCUT2D eigenvalue weighted by Crippen LogP contribution is -2.50. The van der Waals surface area contributed by atoms with Gasteiger partial charge in [0.1, 0.15) is 11.4 Å². The fourth-order valence-corrected chi connectivity index (χ4v) is 4.91. The lowest BCUT2D eigenvalue weighted by Gasteiger charge is -2.38. The van der Waals surface area contributed by atoms with Crippen LogP contribution in [0.2, 0.25) is 0 Å². The van der Waals surface area contributed by atoms with E-state index in [1.54, 1.807) is 19.4 Å². The highest BCUT2D eigenvalue weighted by atomic mass is 19.1. The molecule has 0 spiro atoms. The summed E-state index contributed by atoms with van der Waals surface area (Å²) in [6.45, 7) is 10.5. The number of pyridine rings is 1. The Hall–Kier alpha value is -4.19. The lowest BCUT2D eigenvalue weighted by molar-refractivity contribution is -0.148. The van der Waals surface area contributed by atoms with Gasteiger partial charge in [0, 0.05) is 49.1 Å². The fraction of sp³-hybridized carbons (Fsp3) is 0.429. The molecule has 1 aliphatic carbocycles. The van der Waals surface area contributed by atoms with Gasteiger partial charge in [-0.25, -0.2) is 24.4 Å². The number of aryl methyl sites for hydroxylation is 2. The van der Waals surface area contributed by atoms with Crippen molar-refractivity contribution in [1.29, 1.82) is 0 Å². The number of hydrogen-bond acceptors (Lipinski definition) is 9. The summed E-state index contributed by atoms with van der Waals surface area (Å²) in [5.74, 6) is 1.17. The summed E-state index contributed by atoms with van der Waals surface area (Å²) >= 11 is 0. The molecule has 11 nitrogen and oxygen atoms in total. The Morgan fingerprint density at radius 2 is 2.05 bits per heavy atom. The summed E-state index contributed by atoms with van der Waals surface area (Å²) in [6.07, 6.45) is 5.43. The zero-order valence-electron chi connectivity index (χ0n) is 23.5. The number of anilines is 3. The maximum atomic E-state index is 13.5. The normalized spacial score (nSPS) is 20.1. The van der Waals surface area contributed by atoms with E-state index in [0.717, 1.165) is 35.5 Å². The zero-order valence-corrected chi connectivity index (χ0v) is 23.5. The molecule has 0 unspecified atom stereocenters. The van der Waals surface area contributed by atoms with Crippen LogP contribution < -0.4 is 15.6 Å². The van der Waals surface area contributed by atoms with E-state index in [-0.39, 0.29) is 17.9 Å². The van der Waals surface area contributed by atoms with Gasteiger partial charge in [0.2, 0.25) is 5.95 Å². The first-order chi connectivity index (χ1) is 19.1. The fourth-order valence-electron chi connectivity index (χ4n) is 4.91. The molecular formula is C28H36FN9O2. The number of carbonyl (C=O) groups excluding carboxylic acids is 1. The molecule has 1 amide bonds. The number of hydrogen-bond donors (Lipinski definition) is 3.